The van der Waals surface area contributed by atoms with E-state index in [0.29, 0.717) is 244 Å². The third-order valence-corrected chi connectivity index (χ3v) is 15.9. The Bertz CT molecular complexity index is 4110. The number of furan rings is 2. The second-order valence-electron chi connectivity index (χ2n) is 24.3. The van der Waals surface area contributed by atoms with Crippen LogP contribution in [0.15, 0.2) is 119 Å². The molecule has 0 spiro atoms. The van der Waals surface area contributed by atoms with Crippen LogP contribution in [0.2, 0.25) is 0 Å². The number of unbranched alkanes of at least 4 members (excludes halogenated alkanes) is 2. The van der Waals surface area contributed by atoms with Crippen LogP contribution in [0.3, 0.4) is 0 Å². The highest BCUT2D eigenvalue weighted by Gasteiger charge is 2.19. The number of aliphatic hydroxyl groups is 1. The summed E-state index contributed by atoms with van der Waals surface area (Å²) in [7, 11) is 0. The van der Waals surface area contributed by atoms with Crippen LogP contribution in [0.1, 0.15) is 87.4 Å². The number of nitrogens with zero attached hydrogens (tertiary/aromatic N) is 1. The molecular weight excluding hydrogens is 1420 g/mol. The highest BCUT2D eigenvalue weighted by molar-refractivity contribution is 6.01. The van der Waals surface area contributed by atoms with Gasteiger partial charge >= 0.3 is 17.2 Å². The van der Waals surface area contributed by atoms with Gasteiger partial charge in [-0.05, 0) is 87.1 Å². The lowest BCUT2D eigenvalue weighted by Gasteiger charge is -2.15. The molecule has 0 fully saturated rings. The van der Waals surface area contributed by atoms with Crippen LogP contribution in [-0.2, 0) is 57.1 Å². The van der Waals surface area contributed by atoms with Crippen LogP contribution in [0, 0.1) is 0 Å². The molecule has 0 aliphatic heterocycles. The molecule has 0 radical (unpaired) electrons. The summed E-state index contributed by atoms with van der Waals surface area (Å²) in [5.74, 6) is -0.939. The molecule has 4 amide bonds. The zero-order valence-electron chi connectivity index (χ0n) is 60.5. The normalized spacial score (nSPS) is 11.7. The molecule has 0 saturated carbocycles. The largest absolute Gasteiger partial charge is 0.493 e. The number of rotatable bonds is 59. The van der Waals surface area contributed by atoms with Crippen molar-refractivity contribution in [1.29, 1.82) is 0 Å². The average Bonchev–Trinajstić information content (AvgIpc) is 1.44. The fourth-order valence-corrected chi connectivity index (χ4v) is 10.5. The second-order valence-corrected chi connectivity index (χ2v) is 24.3. The van der Waals surface area contributed by atoms with Crippen molar-refractivity contribution in [3.8, 4) is 34.8 Å². The minimum absolute atomic E-state index is 0.0239. The zero-order chi connectivity index (χ0) is 76.2. The maximum absolute atomic E-state index is 13.4. The summed E-state index contributed by atoms with van der Waals surface area (Å²) in [5, 5.41) is 47.4. The first kappa shape index (κ1) is 83.8. The summed E-state index contributed by atoms with van der Waals surface area (Å²) in [5.41, 5.74) is 0.799. The number of carbonyl (C=O) groups excluding carboxylic acids is 5. The Kier molecular flexibility index (Phi) is 37.6. The van der Waals surface area contributed by atoms with Gasteiger partial charge in [-0.2, -0.15) is 0 Å². The number of aromatic hydroxyl groups is 2. The molecule has 0 bridgehead atoms. The van der Waals surface area contributed by atoms with Crippen molar-refractivity contribution in [1.82, 2.24) is 31.3 Å². The van der Waals surface area contributed by atoms with Crippen LogP contribution in [-0.4, -0.2) is 221 Å². The summed E-state index contributed by atoms with van der Waals surface area (Å²) < 4.78 is 90.8. The molecule has 8 N–H and O–H groups in total. The lowest BCUT2D eigenvalue weighted by molar-refractivity contribution is -0.145. The van der Waals surface area contributed by atoms with Crippen molar-refractivity contribution in [2.75, 3.05) is 165 Å². The van der Waals surface area contributed by atoms with E-state index in [1.807, 2.05) is 12.1 Å². The van der Waals surface area contributed by atoms with E-state index >= 15 is 0 Å². The minimum atomic E-state index is -0.826. The Morgan fingerprint density at radius 1 is 0.389 bits per heavy atom. The van der Waals surface area contributed by atoms with Gasteiger partial charge in [-0.15, -0.1) is 4.73 Å². The van der Waals surface area contributed by atoms with Crippen molar-refractivity contribution in [2.45, 2.75) is 83.3 Å². The van der Waals surface area contributed by atoms with Crippen molar-refractivity contribution >= 4 is 73.5 Å². The highest BCUT2D eigenvalue weighted by Crippen LogP contribution is 2.37. The lowest BCUT2D eigenvalue weighted by atomic mass is 10.1. The van der Waals surface area contributed by atoms with E-state index in [1.54, 1.807) is 42.5 Å². The molecule has 590 valence electrons. The van der Waals surface area contributed by atoms with E-state index in [1.165, 1.54) is 36.8 Å². The summed E-state index contributed by atoms with van der Waals surface area (Å²) in [6, 6.07) is 20.5. The van der Waals surface area contributed by atoms with Crippen LogP contribution >= 0.6 is 0 Å². The summed E-state index contributed by atoms with van der Waals surface area (Å²) in [6.07, 6.45) is 6.59. The standard InChI is InChI=1S/C75H98N6O27/c82-60(8-4-26-102-73-69-55(17-32-104-69)48-53-11-15-66(88)106-71(53)73)78-24-34-94-38-42-98-46-44-96-40-36-92-30-19-62(84)76-22-6-28-100-58-50-57(75(91)80-21-3-1-2-10-68(90)108-81-64(86)13-14-65(81)87)51-59(52-58)101-29-7-23-77-63(85)20-31-93-37-41-97-45-47-99-43-39-95-35-25-79-61(83)9-5-27-103-74-70-56(18-33-105-70)49-54-12-16-67(89)107-72(54)74/h11-18,32-33,48-52,62,76,84,86-87H,1-10,19-31,34-47H2,(H,77,85)(H,78,82)(H,79,83)(H,80,91). The van der Waals surface area contributed by atoms with E-state index in [9.17, 15) is 48.9 Å². The molecule has 33 nitrogen and oxygen atoms in total. The van der Waals surface area contributed by atoms with E-state index in [2.05, 4.69) is 26.6 Å². The molecule has 108 heavy (non-hydrogen) atoms. The number of hydrogen-bond acceptors (Lipinski definition) is 28. The zero-order valence-corrected chi connectivity index (χ0v) is 60.5. The van der Waals surface area contributed by atoms with Crippen molar-refractivity contribution in [3.05, 3.63) is 118 Å². The van der Waals surface area contributed by atoms with Gasteiger partial charge in [0, 0.05) is 122 Å². The van der Waals surface area contributed by atoms with Gasteiger partial charge in [0.2, 0.25) is 41.0 Å². The third kappa shape index (κ3) is 30.8. The summed E-state index contributed by atoms with van der Waals surface area (Å²) >= 11 is 0. The molecular formula is C75H98N6O27. The molecule has 1 unspecified atom stereocenters. The van der Waals surface area contributed by atoms with Crippen LogP contribution in [0.4, 0.5) is 0 Å². The van der Waals surface area contributed by atoms with Crippen molar-refractivity contribution < 1.29 is 119 Å². The van der Waals surface area contributed by atoms with Gasteiger partial charge in [-0.1, -0.05) is 6.42 Å². The smallest absolute Gasteiger partial charge is 0.336 e. The predicted molar refractivity (Wildman–Crippen MR) is 390 cm³/mol. The Labute approximate surface area is 621 Å². The monoisotopic (exact) mass is 1510 g/mol. The minimum Gasteiger partial charge on any atom is -0.493 e. The van der Waals surface area contributed by atoms with Gasteiger partial charge in [-0.3, -0.25) is 24.5 Å². The van der Waals surface area contributed by atoms with Gasteiger partial charge in [-0.25, -0.2) is 14.4 Å². The van der Waals surface area contributed by atoms with Gasteiger partial charge in [0.15, 0.2) is 22.3 Å². The number of hydrogen-bond donors (Lipinski definition) is 8. The topological polar surface area (TPSA) is 418 Å². The average molecular weight is 1520 g/mol. The lowest BCUT2D eigenvalue weighted by Crippen LogP contribution is -2.31. The first-order valence-corrected chi connectivity index (χ1v) is 36.2. The first-order valence-electron chi connectivity index (χ1n) is 36.2. The van der Waals surface area contributed by atoms with Crippen molar-refractivity contribution in [2.24, 2.45) is 0 Å². The first-order chi connectivity index (χ1) is 52.8. The fourth-order valence-electron chi connectivity index (χ4n) is 10.5. The van der Waals surface area contributed by atoms with Gasteiger partial charge in [0.05, 0.1) is 145 Å². The number of carbonyl (C=O) groups is 5. The summed E-state index contributed by atoms with van der Waals surface area (Å²) in [4.78, 5) is 91.5. The number of amides is 4. The molecule has 5 heterocycles. The molecule has 5 aromatic heterocycles. The van der Waals surface area contributed by atoms with Crippen LogP contribution in [0.25, 0.3) is 43.9 Å². The molecule has 33 heteroatoms. The molecule has 1 atom stereocenters. The molecule has 0 aliphatic rings. The Hall–Kier alpha value is -9.81. The molecule has 8 rings (SSSR count). The van der Waals surface area contributed by atoms with E-state index < -0.39 is 35.2 Å². The van der Waals surface area contributed by atoms with Crippen LogP contribution < -0.4 is 61.6 Å². The van der Waals surface area contributed by atoms with Gasteiger partial charge in [0.25, 0.3) is 5.91 Å². The Morgan fingerprint density at radius 2 is 0.824 bits per heavy atom. The molecule has 0 saturated heterocycles. The van der Waals surface area contributed by atoms with Crippen molar-refractivity contribution in [3.63, 3.8) is 0 Å². The summed E-state index contributed by atoms with van der Waals surface area (Å²) in [6.45, 7) is 7.82. The van der Waals surface area contributed by atoms with Gasteiger partial charge < -0.3 is 116 Å². The Balaban J connectivity index is 0.593. The molecule has 0 aliphatic carbocycles. The molecule has 3 aromatic carbocycles. The second kappa shape index (κ2) is 48.5. The predicted octanol–water partition coefficient (Wildman–Crippen LogP) is 5.98. The van der Waals surface area contributed by atoms with E-state index in [-0.39, 0.29) is 87.9 Å². The SMILES string of the molecule is O=C(CCCOc1c2occc2cc2ccc(=O)oc12)NCCOCCOCCOCCOCCC(=O)NCCCOc1cc(OCCCNC(O)CCOCCOCCOCCOCCNC(=O)CCCOc2c3occc3cc3ccc(=O)oc23)cc(C(=O)NCCCCCC(=O)On2c(O)ccc2O)c1. The highest BCUT2D eigenvalue weighted by atomic mass is 16.7. The van der Waals surface area contributed by atoms with E-state index in [4.69, 9.17) is 79.3 Å². The third-order valence-electron chi connectivity index (χ3n) is 15.9. The number of aromatic nitrogens is 1. The number of nitrogens with one attached hydrogen (secondary N) is 5. The number of aliphatic hydroxyl groups excluding tert-OH is 1. The van der Waals surface area contributed by atoms with Crippen LogP contribution in [0.5, 0.6) is 34.8 Å². The fraction of sp³-hybridized carbons (Fsp3) is 0.507. The molecule has 8 aromatic rings. The number of ether oxygens (including phenoxy) is 12. The number of benzene rings is 3. The maximum Gasteiger partial charge on any atom is 0.336 e. The Morgan fingerprint density at radius 3 is 1.34 bits per heavy atom. The maximum atomic E-state index is 13.4. The number of fused-ring (bicyclic) bond motifs is 4. The van der Waals surface area contributed by atoms with E-state index in [0.717, 1.165) is 10.8 Å². The quantitative estimate of drug-likeness (QED) is 0.0123. The van der Waals surface area contributed by atoms with Gasteiger partial charge in [0.1, 0.15) is 17.7 Å².